The molecule has 1 heterocycles. The number of hydrogen-bond acceptors (Lipinski definition) is 7. The Morgan fingerprint density at radius 1 is 0.742 bits per heavy atom. The second-order valence-corrected chi connectivity index (χ2v) is 14.7. The summed E-state index contributed by atoms with van der Waals surface area (Å²) < 4.78 is 29.2. The van der Waals surface area contributed by atoms with Gasteiger partial charge in [-0.25, -0.2) is 0 Å². The average molecular weight is 471 g/mol. The first-order chi connectivity index (χ1) is 14.9. The van der Waals surface area contributed by atoms with Crippen LogP contribution in [-0.4, -0.2) is 69.1 Å². The average Bonchev–Trinajstić information content (AvgIpc) is 3.15. The summed E-state index contributed by atoms with van der Waals surface area (Å²) in [4.78, 5) is 8.95. The Balaban J connectivity index is 2.40. The van der Waals surface area contributed by atoms with Crippen molar-refractivity contribution in [2.75, 3.05) is 39.5 Å². The highest BCUT2D eigenvalue weighted by molar-refractivity contribution is 6.71. The summed E-state index contributed by atoms with van der Waals surface area (Å²) in [5.41, 5.74) is 0. The lowest BCUT2D eigenvalue weighted by atomic mass is 10.4. The highest BCUT2D eigenvalue weighted by Crippen LogP contribution is 2.18. The molecule has 0 atom stereocenters. The van der Waals surface area contributed by atoms with Crippen LogP contribution < -0.4 is 0 Å². The standard InChI is InChI=1S/C22H42N2O5Si2/c1-7-25-30(5,6)17-11-15-23-19-21-13-14-22(29-21)20-24-16-12-18-31(26-8-2,27-9-3)28-10-4/h13-14,19-20H,7-12,15-18H2,1-6H3/b23-19+,24-20+. The number of hydrogen-bond donors (Lipinski definition) is 0. The van der Waals surface area contributed by atoms with Gasteiger partial charge in [0.05, 0.1) is 12.4 Å². The molecule has 7 nitrogen and oxygen atoms in total. The Morgan fingerprint density at radius 2 is 1.19 bits per heavy atom. The predicted octanol–water partition coefficient (Wildman–Crippen LogP) is 5.19. The van der Waals surface area contributed by atoms with Gasteiger partial charge >= 0.3 is 8.80 Å². The lowest BCUT2D eigenvalue weighted by Gasteiger charge is -2.28. The maximum absolute atomic E-state index is 5.87. The number of furan rings is 1. The highest BCUT2D eigenvalue weighted by atomic mass is 28.4. The molecule has 0 unspecified atom stereocenters. The van der Waals surface area contributed by atoms with Gasteiger partial charge in [-0.3, -0.25) is 9.98 Å². The largest absolute Gasteiger partial charge is 0.500 e. The number of nitrogens with zero attached hydrogens (tertiary/aromatic N) is 2. The fourth-order valence-electron chi connectivity index (χ4n) is 3.26. The minimum Gasteiger partial charge on any atom is -0.454 e. The summed E-state index contributed by atoms with van der Waals surface area (Å²) in [6.07, 6.45) is 5.44. The molecule has 31 heavy (non-hydrogen) atoms. The Kier molecular flexibility index (Phi) is 14.1. The zero-order valence-corrected chi connectivity index (χ0v) is 22.3. The van der Waals surface area contributed by atoms with Crippen molar-refractivity contribution in [2.45, 2.75) is 65.7 Å². The normalized spacial score (nSPS) is 13.1. The second-order valence-electron chi connectivity index (χ2n) is 7.69. The maximum Gasteiger partial charge on any atom is 0.500 e. The molecule has 0 bridgehead atoms. The third kappa shape index (κ3) is 11.9. The van der Waals surface area contributed by atoms with Gasteiger partial charge < -0.3 is 22.1 Å². The molecule has 1 aromatic heterocycles. The van der Waals surface area contributed by atoms with Gasteiger partial charge in [-0.05, 0) is 71.8 Å². The molecule has 1 aromatic rings. The van der Waals surface area contributed by atoms with Crippen LogP contribution in [0.1, 0.15) is 52.1 Å². The van der Waals surface area contributed by atoms with Crippen LogP contribution in [0.5, 0.6) is 0 Å². The van der Waals surface area contributed by atoms with E-state index in [0.717, 1.165) is 49.6 Å². The molecular formula is C22H42N2O5Si2. The topological polar surface area (TPSA) is 74.8 Å². The fourth-order valence-corrected chi connectivity index (χ4v) is 7.79. The second kappa shape index (κ2) is 15.7. The maximum atomic E-state index is 5.87. The Morgan fingerprint density at radius 3 is 1.65 bits per heavy atom. The first-order valence-corrected chi connectivity index (χ1v) is 16.6. The van der Waals surface area contributed by atoms with Crippen molar-refractivity contribution >= 4 is 29.6 Å². The molecule has 0 saturated heterocycles. The minimum absolute atomic E-state index is 0.596. The van der Waals surface area contributed by atoms with Crippen LogP contribution in [0.15, 0.2) is 26.5 Å². The monoisotopic (exact) mass is 470 g/mol. The predicted molar refractivity (Wildman–Crippen MR) is 132 cm³/mol. The van der Waals surface area contributed by atoms with Crippen LogP contribution in [0.3, 0.4) is 0 Å². The van der Waals surface area contributed by atoms with Crippen molar-refractivity contribution in [1.29, 1.82) is 0 Å². The molecule has 0 aliphatic carbocycles. The fraction of sp³-hybridized carbons (Fsp3) is 0.727. The van der Waals surface area contributed by atoms with Gasteiger partial charge in [-0.15, -0.1) is 0 Å². The summed E-state index contributed by atoms with van der Waals surface area (Å²) in [5, 5.41) is 0. The molecule has 0 saturated carbocycles. The van der Waals surface area contributed by atoms with Crippen LogP contribution in [0, 0.1) is 0 Å². The summed E-state index contributed by atoms with van der Waals surface area (Å²) >= 11 is 0. The molecule has 0 N–H and O–H groups in total. The lowest BCUT2D eigenvalue weighted by molar-refractivity contribution is 0.0710. The summed E-state index contributed by atoms with van der Waals surface area (Å²) in [7, 11) is -4.09. The van der Waals surface area contributed by atoms with E-state index in [9.17, 15) is 0 Å². The van der Waals surface area contributed by atoms with E-state index in [4.69, 9.17) is 22.1 Å². The molecule has 0 aromatic carbocycles. The van der Waals surface area contributed by atoms with E-state index in [-0.39, 0.29) is 0 Å². The van der Waals surface area contributed by atoms with Gasteiger partial charge in [0.2, 0.25) is 0 Å². The molecule has 0 spiro atoms. The quantitative estimate of drug-likeness (QED) is 0.168. The van der Waals surface area contributed by atoms with Gasteiger partial charge in [0.25, 0.3) is 0 Å². The first-order valence-electron chi connectivity index (χ1n) is 11.6. The summed E-state index contributed by atoms with van der Waals surface area (Å²) in [6.45, 7) is 16.5. The molecular weight excluding hydrogens is 428 g/mol. The van der Waals surface area contributed by atoms with Gasteiger partial charge in [0.15, 0.2) is 8.32 Å². The smallest absolute Gasteiger partial charge is 0.454 e. The van der Waals surface area contributed by atoms with Crippen LogP contribution >= 0.6 is 0 Å². The van der Waals surface area contributed by atoms with Crippen molar-refractivity contribution in [1.82, 2.24) is 0 Å². The Bertz CT molecular complexity index is 633. The summed E-state index contributed by atoms with van der Waals surface area (Å²) in [5.74, 6) is 1.48. The third-order valence-electron chi connectivity index (χ3n) is 4.55. The van der Waals surface area contributed by atoms with Crippen LogP contribution in [-0.2, 0) is 17.7 Å². The van der Waals surface area contributed by atoms with Gasteiger partial charge in [-0.2, -0.15) is 0 Å². The van der Waals surface area contributed by atoms with E-state index in [1.807, 2.05) is 32.9 Å². The van der Waals surface area contributed by atoms with E-state index in [0.29, 0.717) is 26.4 Å². The van der Waals surface area contributed by atoms with Gasteiger partial charge in [-0.1, -0.05) is 0 Å². The zero-order valence-electron chi connectivity index (χ0n) is 20.3. The van der Waals surface area contributed by atoms with Gasteiger partial charge in [0.1, 0.15) is 11.5 Å². The van der Waals surface area contributed by atoms with E-state index in [2.05, 4.69) is 30.0 Å². The SMILES string of the molecule is CCO[Si](C)(C)CCC/N=C/c1ccc(/C=N/CCC[Si](OCC)(OCC)OCC)o1. The highest BCUT2D eigenvalue weighted by Gasteiger charge is 2.39. The molecule has 1 rings (SSSR count). The van der Waals surface area contributed by atoms with Gasteiger partial charge in [0, 0.05) is 45.6 Å². The van der Waals surface area contributed by atoms with E-state index in [1.165, 1.54) is 0 Å². The summed E-state index contributed by atoms with van der Waals surface area (Å²) in [6, 6.07) is 5.71. The van der Waals surface area contributed by atoms with E-state index < -0.39 is 17.1 Å². The lowest BCUT2D eigenvalue weighted by Crippen LogP contribution is -2.46. The molecule has 9 heteroatoms. The molecule has 0 aliphatic heterocycles. The third-order valence-corrected chi connectivity index (χ3v) is 10.3. The Labute approximate surface area is 190 Å². The first kappa shape index (κ1) is 27.9. The molecule has 0 amide bonds. The molecule has 0 fully saturated rings. The van der Waals surface area contributed by atoms with Crippen LogP contribution in [0.4, 0.5) is 0 Å². The van der Waals surface area contributed by atoms with E-state index >= 15 is 0 Å². The number of rotatable bonds is 18. The van der Waals surface area contributed by atoms with Crippen molar-refractivity contribution in [3.8, 4) is 0 Å². The van der Waals surface area contributed by atoms with E-state index in [1.54, 1.807) is 12.4 Å². The van der Waals surface area contributed by atoms with Crippen molar-refractivity contribution in [3.63, 3.8) is 0 Å². The molecule has 178 valence electrons. The van der Waals surface area contributed by atoms with Crippen molar-refractivity contribution < 1.29 is 22.1 Å². The van der Waals surface area contributed by atoms with Crippen molar-refractivity contribution in [2.24, 2.45) is 9.98 Å². The van der Waals surface area contributed by atoms with Crippen LogP contribution in [0.2, 0.25) is 25.2 Å². The zero-order chi connectivity index (χ0) is 23.0. The van der Waals surface area contributed by atoms with Crippen LogP contribution in [0.25, 0.3) is 0 Å². The Hall–Kier alpha value is -1.11. The molecule has 0 radical (unpaired) electrons. The minimum atomic E-state index is -2.58. The number of aliphatic imine (C=N–C) groups is 2. The molecule has 0 aliphatic rings. The van der Waals surface area contributed by atoms with Crippen molar-refractivity contribution in [3.05, 3.63) is 23.7 Å².